The molecule has 0 N–H and O–H groups in total. The van der Waals surface area contributed by atoms with Gasteiger partial charge in [-0.05, 0) is 18.6 Å². The molecule has 0 aliphatic rings. The van der Waals surface area contributed by atoms with Gasteiger partial charge in [0.15, 0.2) is 0 Å². The maximum Gasteiger partial charge on any atom is 0.345 e. The third-order valence-corrected chi connectivity index (χ3v) is 5.90. The van der Waals surface area contributed by atoms with Crippen LogP contribution in [0.5, 0.6) is 0 Å². The Morgan fingerprint density at radius 3 is 2.33 bits per heavy atom. The molecule has 0 aromatic rings. The summed E-state index contributed by atoms with van der Waals surface area (Å²) in [4.78, 5) is 0. The number of rotatable bonds is 9. The van der Waals surface area contributed by atoms with Crippen LogP contribution in [-0.2, 0) is 8.85 Å². The number of hydrogen-bond donors (Lipinski definition) is 1. The fraction of sp³-hybridized carbons (Fsp3) is 0.636. The third-order valence-electron chi connectivity index (χ3n) is 2.32. The lowest BCUT2D eigenvalue weighted by Crippen LogP contribution is -2.38. The molecular formula is C11H22O2SSi. The SMILES string of the molecule is C=CC[Si](CC=CCCCS)(OC)OC. The van der Waals surface area contributed by atoms with Gasteiger partial charge in [0.25, 0.3) is 0 Å². The maximum absolute atomic E-state index is 5.51. The highest BCUT2D eigenvalue weighted by Gasteiger charge is 2.32. The van der Waals surface area contributed by atoms with Crippen LogP contribution in [0.2, 0.25) is 12.1 Å². The van der Waals surface area contributed by atoms with Gasteiger partial charge in [0.05, 0.1) is 0 Å². The predicted octanol–water partition coefficient (Wildman–Crippen LogP) is 3.17. The Hall–Kier alpha value is -0.0331. The lowest BCUT2D eigenvalue weighted by molar-refractivity contribution is 0.249. The quantitative estimate of drug-likeness (QED) is 0.291. The Morgan fingerprint density at radius 2 is 1.87 bits per heavy atom. The second-order valence-corrected chi connectivity index (χ2v) is 7.25. The molecule has 0 fully saturated rings. The van der Waals surface area contributed by atoms with E-state index in [4.69, 9.17) is 8.85 Å². The standard InChI is InChI=1S/C11H22O2SSi/c1-4-10-15(12-2,13-3)11-8-6-5-7-9-14/h4,6,8,14H,1,5,7,9-11H2,2-3H3. The van der Waals surface area contributed by atoms with Gasteiger partial charge in [-0.3, -0.25) is 0 Å². The molecule has 0 saturated heterocycles. The highest BCUT2D eigenvalue weighted by Crippen LogP contribution is 2.18. The predicted molar refractivity (Wildman–Crippen MR) is 71.8 cm³/mol. The van der Waals surface area contributed by atoms with Crippen molar-refractivity contribution >= 4 is 21.2 Å². The first-order valence-electron chi connectivity index (χ1n) is 5.21. The molecule has 0 atom stereocenters. The van der Waals surface area contributed by atoms with E-state index in [0.717, 1.165) is 30.7 Å². The van der Waals surface area contributed by atoms with Gasteiger partial charge >= 0.3 is 8.56 Å². The van der Waals surface area contributed by atoms with Crippen molar-refractivity contribution in [2.24, 2.45) is 0 Å². The fourth-order valence-electron chi connectivity index (χ4n) is 1.31. The van der Waals surface area contributed by atoms with E-state index in [1.807, 2.05) is 6.08 Å². The third kappa shape index (κ3) is 6.20. The van der Waals surface area contributed by atoms with Crippen molar-refractivity contribution in [3.63, 3.8) is 0 Å². The van der Waals surface area contributed by atoms with E-state index < -0.39 is 8.56 Å². The van der Waals surface area contributed by atoms with Crippen LogP contribution in [0.15, 0.2) is 24.8 Å². The molecule has 0 saturated carbocycles. The topological polar surface area (TPSA) is 18.5 Å². The van der Waals surface area contributed by atoms with Gasteiger partial charge in [0.2, 0.25) is 0 Å². The lowest BCUT2D eigenvalue weighted by Gasteiger charge is -2.24. The summed E-state index contributed by atoms with van der Waals surface area (Å²) < 4.78 is 11.0. The van der Waals surface area contributed by atoms with Gasteiger partial charge in [-0.2, -0.15) is 12.6 Å². The smallest absolute Gasteiger partial charge is 0.345 e. The Balaban J connectivity index is 4.04. The summed E-state index contributed by atoms with van der Waals surface area (Å²) in [6.45, 7) is 3.74. The second-order valence-electron chi connectivity index (χ2n) is 3.35. The van der Waals surface area contributed by atoms with E-state index >= 15 is 0 Å². The molecule has 0 radical (unpaired) electrons. The minimum atomic E-state index is -2.03. The van der Waals surface area contributed by atoms with Gasteiger partial charge in [0.1, 0.15) is 0 Å². The molecular weight excluding hydrogens is 224 g/mol. The van der Waals surface area contributed by atoms with E-state index in [1.165, 1.54) is 0 Å². The normalized spacial score (nSPS) is 12.2. The molecule has 0 amide bonds. The highest BCUT2D eigenvalue weighted by molar-refractivity contribution is 7.80. The summed E-state index contributed by atoms with van der Waals surface area (Å²) in [5, 5.41) is 0. The van der Waals surface area contributed by atoms with Crippen LogP contribution in [0.1, 0.15) is 12.8 Å². The average Bonchev–Trinajstić information content (AvgIpc) is 2.27. The first-order chi connectivity index (χ1) is 7.24. The maximum atomic E-state index is 5.51. The van der Waals surface area contributed by atoms with Crippen molar-refractivity contribution in [1.29, 1.82) is 0 Å². The summed E-state index contributed by atoms with van der Waals surface area (Å²) in [6.07, 6.45) is 8.41. The molecule has 0 unspecified atom stereocenters. The van der Waals surface area contributed by atoms with Gasteiger partial charge in [-0.15, -0.1) is 6.58 Å². The summed E-state index contributed by atoms with van der Waals surface area (Å²) in [7, 11) is 1.42. The van der Waals surface area contributed by atoms with Gasteiger partial charge in [0, 0.05) is 26.3 Å². The summed E-state index contributed by atoms with van der Waals surface area (Å²) in [5.41, 5.74) is 0. The van der Waals surface area contributed by atoms with Crippen molar-refractivity contribution in [3.8, 4) is 0 Å². The van der Waals surface area contributed by atoms with Crippen molar-refractivity contribution in [2.45, 2.75) is 24.9 Å². The molecule has 0 rings (SSSR count). The van der Waals surface area contributed by atoms with Crippen LogP contribution >= 0.6 is 12.6 Å². The molecule has 0 spiro atoms. The Labute approximate surface area is 100 Å². The van der Waals surface area contributed by atoms with E-state index in [-0.39, 0.29) is 0 Å². The molecule has 0 aliphatic heterocycles. The Bertz CT molecular complexity index is 191. The van der Waals surface area contributed by atoms with E-state index in [0.29, 0.717) is 0 Å². The van der Waals surface area contributed by atoms with Gasteiger partial charge in [-0.1, -0.05) is 18.2 Å². The second kappa shape index (κ2) is 9.21. The van der Waals surface area contributed by atoms with Crippen LogP contribution in [-0.4, -0.2) is 28.5 Å². The van der Waals surface area contributed by atoms with Crippen LogP contribution < -0.4 is 0 Å². The molecule has 0 heterocycles. The molecule has 88 valence electrons. The largest absolute Gasteiger partial charge is 0.397 e. The van der Waals surface area contributed by atoms with Crippen molar-refractivity contribution in [2.75, 3.05) is 20.0 Å². The number of allylic oxidation sites excluding steroid dienone is 3. The number of unbranched alkanes of at least 4 members (excludes halogenated alkanes) is 1. The fourth-order valence-corrected chi connectivity index (χ4v) is 3.46. The van der Waals surface area contributed by atoms with E-state index in [9.17, 15) is 0 Å². The van der Waals surface area contributed by atoms with Crippen molar-refractivity contribution in [1.82, 2.24) is 0 Å². The number of thiol groups is 1. The van der Waals surface area contributed by atoms with Gasteiger partial charge < -0.3 is 8.85 Å². The van der Waals surface area contributed by atoms with Gasteiger partial charge in [-0.25, -0.2) is 0 Å². The Morgan fingerprint density at radius 1 is 1.20 bits per heavy atom. The minimum Gasteiger partial charge on any atom is -0.397 e. The first-order valence-corrected chi connectivity index (χ1v) is 8.08. The van der Waals surface area contributed by atoms with Crippen LogP contribution in [0.4, 0.5) is 0 Å². The van der Waals surface area contributed by atoms with Crippen LogP contribution in [0.3, 0.4) is 0 Å². The van der Waals surface area contributed by atoms with Crippen LogP contribution in [0.25, 0.3) is 0 Å². The summed E-state index contributed by atoms with van der Waals surface area (Å²) >= 11 is 4.16. The van der Waals surface area contributed by atoms with E-state index in [2.05, 4.69) is 31.4 Å². The highest BCUT2D eigenvalue weighted by atomic mass is 32.1. The molecule has 0 aromatic carbocycles. The zero-order valence-corrected chi connectivity index (χ0v) is 11.6. The summed E-state index contributed by atoms with van der Waals surface area (Å²) in [5.74, 6) is 0.939. The lowest BCUT2D eigenvalue weighted by atomic mass is 10.3. The Kier molecular flexibility index (Phi) is 9.19. The summed E-state index contributed by atoms with van der Waals surface area (Å²) in [6, 6.07) is 1.72. The molecule has 15 heavy (non-hydrogen) atoms. The molecule has 0 bridgehead atoms. The van der Waals surface area contributed by atoms with Crippen LogP contribution in [0, 0.1) is 0 Å². The first kappa shape index (κ1) is 15.0. The molecule has 2 nitrogen and oxygen atoms in total. The molecule has 0 aromatic heterocycles. The zero-order valence-electron chi connectivity index (χ0n) is 9.74. The number of hydrogen-bond acceptors (Lipinski definition) is 3. The monoisotopic (exact) mass is 246 g/mol. The van der Waals surface area contributed by atoms with Crippen molar-refractivity contribution < 1.29 is 8.85 Å². The zero-order chi connectivity index (χ0) is 11.6. The molecule has 4 heteroatoms. The average molecular weight is 246 g/mol. The van der Waals surface area contributed by atoms with E-state index in [1.54, 1.807) is 14.2 Å². The molecule has 0 aliphatic carbocycles. The minimum absolute atomic E-state index is 0.830. The van der Waals surface area contributed by atoms with Crippen molar-refractivity contribution in [3.05, 3.63) is 24.8 Å².